The molecule has 0 radical (unpaired) electrons. The normalized spacial score (nSPS) is 11.8. The van der Waals surface area contributed by atoms with Crippen LogP contribution in [0.2, 0.25) is 0 Å². The van der Waals surface area contributed by atoms with Crippen molar-refractivity contribution in [2.75, 3.05) is 0 Å². The Labute approximate surface area is 278 Å². The van der Waals surface area contributed by atoms with Crippen LogP contribution in [-0.4, -0.2) is 9.13 Å². The number of rotatable bonds is 4. The minimum Gasteiger partial charge on any atom is -0.309 e. The Morgan fingerprint density at radius 3 is 1.77 bits per heavy atom. The van der Waals surface area contributed by atoms with Gasteiger partial charge in [0.25, 0.3) is 0 Å². The zero-order valence-corrected chi connectivity index (χ0v) is 26.2. The van der Waals surface area contributed by atoms with Crippen LogP contribution >= 0.6 is 0 Å². The van der Waals surface area contributed by atoms with E-state index < -0.39 is 0 Å². The lowest BCUT2D eigenvalue weighted by atomic mass is 9.98. The molecule has 0 amide bonds. The second kappa shape index (κ2) is 10.6. The van der Waals surface area contributed by atoms with Gasteiger partial charge in [0.15, 0.2) is 0 Å². The fourth-order valence-corrected chi connectivity index (χ4v) is 7.74. The van der Waals surface area contributed by atoms with Crippen molar-refractivity contribution < 1.29 is 0 Å². The van der Waals surface area contributed by atoms with E-state index in [4.69, 9.17) is 0 Å². The smallest absolute Gasteiger partial charge is 0.0641 e. The summed E-state index contributed by atoms with van der Waals surface area (Å²) in [7, 11) is 0. The zero-order chi connectivity index (χ0) is 31.6. The monoisotopic (exact) mass is 610 g/mol. The minimum absolute atomic E-state index is 1.17. The van der Waals surface area contributed by atoms with Gasteiger partial charge in [-0.25, -0.2) is 0 Å². The number of aromatic nitrogens is 2. The molecule has 48 heavy (non-hydrogen) atoms. The Hall–Kier alpha value is -6.38. The van der Waals surface area contributed by atoms with Gasteiger partial charge in [0, 0.05) is 32.8 Å². The van der Waals surface area contributed by atoms with E-state index >= 15 is 0 Å². The Balaban J connectivity index is 1.36. The molecule has 0 aliphatic rings. The van der Waals surface area contributed by atoms with Gasteiger partial charge >= 0.3 is 0 Å². The van der Waals surface area contributed by atoms with E-state index in [1.54, 1.807) is 0 Å². The third kappa shape index (κ3) is 4.00. The van der Waals surface area contributed by atoms with Crippen molar-refractivity contribution in [3.05, 3.63) is 182 Å². The van der Waals surface area contributed by atoms with E-state index in [-0.39, 0.29) is 0 Å². The number of fused-ring (bicyclic) bond motifs is 8. The maximum atomic E-state index is 2.49. The molecule has 8 aromatic carbocycles. The standard InChI is InChI=1S/C46H30N2/c1-3-13-31(14-4-1)35-24-26-37(33-16-5-2-6-17-33)44(30-35)48-42-22-12-10-20-40(42)45-43(48)28-27-39-38-19-9-11-21-41(38)47(46(39)45)36-25-23-32-15-7-8-18-34(32)29-36/h1-30H. The van der Waals surface area contributed by atoms with Gasteiger partial charge in [-0.05, 0) is 63.9 Å². The molecule has 0 aliphatic heterocycles. The van der Waals surface area contributed by atoms with Gasteiger partial charge in [-0.1, -0.05) is 146 Å². The molecule has 0 aliphatic carbocycles. The van der Waals surface area contributed by atoms with E-state index in [2.05, 4.69) is 191 Å². The Bertz CT molecular complexity index is 2820. The summed E-state index contributed by atoms with van der Waals surface area (Å²) in [6.45, 7) is 0. The second-order valence-corrected chi connectivity index (χ2v) is 12.6. The highest BCUT2D eigenvalue weighted by molar-refractivity contribution is 6.26. The molecule has 2 heterocycles. The molecule has 0 bridgehead atoms. The fraction of sp³-hybridized carbons (Fsp3) is 0. The average molecular weight is 611 g/mol. The summed E-state index contributed by atoms with van der Waals surface area (Å²) in [6, 6.07) is 66.2. The van der Waals surface area contributed by atoms with Crippen molar-refractivity contribution in [1.82, 2.24) is 9.13 Å². The van der Waals surface area contributed by atoms with E-state index in [0.29, 0.717) is 0 Å². The molecule has 0 saturated heterocycles. The highest BCUT2D eigenvalue weighted by Gasteiger charge is 2.22. The Morgan fingerprint density at radius 1 is 0.333 bits per heavy atom. The van der Waals surface area contributed by atoms with Crippen molar-refractivity contribution >= 4 is 54.4 Å². The van der Waals surface area contributed by atoms with Crippen LogP contribution in [0.3, 0.4) is 0 Å². The van der Waals surface area contributed by atoms with E-state index in [0.717, 1.165) is 0 Å². The number of nitrogens with zero attached hydrogens (tertiary/aromatic N) is 2. The van der Waals surface area contributed by atoms with Gasteiger partial charge in [-0.2, -0.15) is 0 Å². The maximum Gasteiger partial charge on any atom is 0.0641 e. The van der Waals surface area contributed by atoms with E-state index in [9.17, 15) is 0 Å². The van der Waals surface area contributed by atoms with Crippen LogP contribution in [0.25, 0.3) is 88.0 Å². The van der Waals surface area contributed by atoms with Crippen LogP contribution in [-0.2, 0) is 0 Å². The summed E-state index contributed by atoms with van der Waals surface area (Å²) < 4.78 is 4.97. The second-order valence-electron chi connectivity index (χ2n) is 12.6. The maximum absolute atomic E-state index is 2.49. The Kier molecular flexibility index (Phi) is 5.91. The first-order valence-electron chi connectivity index (χ1n) is 16.5. The first-order chi connectivity index (χ1) is 23.8. The largest absolute Gasteiger partial charge is 0.309 e. The molecule has 2 heteroatoms. The number of para-hydroxylation sites is 2. The highest BCUT2D eigenvalue weighted by atomic mass is 15.0. The molecule has 2 nitrogen and oxygen atoms in total. The molecule has 224 valence electrons. The summed E-state index contributed by atoms with van der Waals surface area (Å²) in [5.41, 5.74) is 12.0. The number of hydrogen-bond donors (Lipinski definition) is 0. The van der Waals surface area contributed by atoms with Gasteiger partial charge in [-0.3, -0.25) is 0 Å². The third-order valence-corrected chi connectivity index (χ3v) is 9.89. The zero-order valence-electron chi connectivity index (χ0n) is 26.2. The summed E-state index contributed by atoms with van der Waals surface area (Å²) in [6.07, 6.45) is 0. The lowest BCUT2D eigenvalue weighted by Crippen LogP contribution is -1.98. The van der Waals surface area contributed by atoms with Crippen molar-refractivity contribution in [2.24, 2.45) is 0 Å². The van der Waals surface area contributed by atoms with Crippen molar-refractivity contribution in [2.45, 2.75) is 0 Å². The summed E-state index contributed by atoms with van der Waals surface area (Å²) in [4.78, 5) is 0. The quantitative estimate of drug-likeness (QED) is 0.188. The minimum atomic E-state index is 1.17. The summed E-state index contributed by atoms with van der Waals surface area (Å²) >= 11 is 0. The number of benzene rings is 8. The fourth-order valence-electron chi connectivity index (χ4n) is 7.74. The first-order valence-corrected chi connectivity index (χ1v) is 16.5. The van der Waals surface area contributed by atoms with Gasteiger partial charge in [0.1, 0.15) is 0 Å². The van der Waals surface area contributed by atoms with Gasteiger partial charge < -0.3 is 9.13 Å². The molecule has 10 rings (SSSR count). The number of hydrogen-bond acceptors (Lipinski definition) is 0. The SMILES string of the molecule is c1ccc(-c2ccc(-c3ccccc3)c(-n3c4ccccc4c4c3ccc3c5ccccc5n(-c5ccc6ccccc6c5)c34)c2)cc1. The molecule has 0 atom stereocenters. The first kappa shape index (κ1) is 26.8. The van der Waals surface area contributed by atoms with Crippen LogP contribution in [0.5, 0.6) is 0 Å². The van der Waals surface area contributed by atoms with Crippen LogP contribution in [0.1, 0.15) is 0 Å². The van der Waals surface area contributed by atoms with Crippen LogP contribution in [0.15, 0.2) is 182 Å². The molecular formula is C46H30N2. The van der Waals surface area contributed by atoms with Crippen molar-refractivity contribution in [3.63, 3.8) is 0 Å². The topological polar surface area (TPSA) is 9.86 Å². The van der Waals surface area contributed by atoms with Crippen LogP contribution in [0, 0.1) is 0 Å². The molecule has 0 spiro atoms. The van der Waals surface area contributed by atoms with Crippen molar-refractivity contribution in [1.29, 1.82) is 0 Å². The molecule has 10 aromatic rings. The van der Waals surface area contributed by atoms with Crippen LogP contribution < -0.4 is 0 Å². The van der Waals surface area contributed by atoms with Crippen molar-refractivity contribution in [3.8, 4) is 33.6 Å². The predicted octanol–water partition coefficient (Wildman–Crippen LogP) is 12.4. The Morgan fingerprint density at radius 2 is 0.979 bits per heavy atom. The van der Waals surface area contributed by atoms with Gasteiger partial charge in [0.2, 0.25) is 0 Å². The molecule has 0 saturated carbocycles. The summed E-state index contributed by atoms with van der Waals surface area (Å²) in [5, 5.41) is 7.51. The molecule has 0 fully saturated rings. The molecule has 2 aromatic heterocycles. The van der Waals surface area contributed by atoms with Crippen LogP contribution in [0.4, 0.5) is 0 Å². The third-order valence-electron chi connectivity index (χ3n) is 9.89. The summed E-state index contributed by atoms with van der Waals surface area (Å²) in [5.74, 6) is 0. The van der Waals surface area contributed by atoms with E-state index in [1.807, 2.05) is 0 Å². The molecule has 0 N–H and O–H groups in total. The molecule has 0 unspecified atom stereocenters. The van der Waals surface area contributed by atoms with E-state index in [1.165, 1.54) is 88.0 Å². The lowest BCUT2D eigenvalue weighted by Gasteiger charge is -2.16. The lowest BCUT2D eigenvalue weighted by molar-refractivity contribution is 1.18. The predicted molar refractivity (Wildman–Crippen MR) is 203 cm³/mol. The van der Waals surface area contributed by atoms with Gasteiger partial charge in [-0.15, -0.1) is 0 Å². The average Bonchev–Trinajstić information content (AvgIpc) is 3.68. The molecular weight excluding hydrogens is 581 g/mol. The van der Waals surface area contributed by atoms with Gasteiger partial charge in [0.05, 0.1) is 27.8 Å². The highest BCUT2D eigenvalue weighted by Crippen LogP contribution is 2.44.